The van der Waals surface area contributed by atoms with Gasteiger partial charge in [-0.2, -0.15) is 0 Å². The molecule has 0 fully saturated rings. The molecular weight excluding hydrogens is 198 g/mol. The summed E-state index contributed by atoms with van der Waals surface area (Å²) in [7, 11) is 0. The summed E-state index contributed by atoms with van der Waals surface area (Å²) in [6.45, 7) is 2.15. The van der Waals surface area contributed by atoms with Gasteiger partial charge in [0.2, 0.25) is 0 Å². The van der Waals surface area contributed by atoms with Crippen molar-refractivity contribution in [1.29, 1.82) is 0 Å². The van der Waals surface area contributed by atoms with Crippen LogP contribution in [0.1, 0.15) is 18.9 Å². The molecule has 0 radical (unpaired) electrons. The summed E-state index contributed by atoms with van der Waals surface area (Å²) in [6.07, 6.45) is 6.29. The lowest BCUT2D eigenvalue weighted by Crippen LogP contribution is -2.28. The topological polar surface area (TPSA) is 21.3 Å². The van der Waals surface area contributed by atoms with E-state index >= 15 is 0 Å². The fourth-order valence-corrected chi connectivity index (χ4v) is 2.21. The maximum Gasteiger partial charge on any atom is 0.146 e. The molecule has 0 bridgehead atoms. The SMILES string of the molecule is CC1C=CC2=C(CCc3ccccc3O2)N1. The Morgan fingerprint density at radius 1 is 1.25 bits per heavy atom. The molecule has 1 aromatic carbocycles. The number of aryl methyl sites for hydroxylation is 1. The molecule has 2 aliphatic rings. The number of allylic oxidation sites excluding steroid dienone is 2. The van der Waals surface area contributed by atoms with E-state index < -0.39 is 0 Å². The number of dihydropyridines is 1. The number of nitrogens with one attached hydrogen (secondary N) is 1. The van der Waals surface area contributed by atoms with Gasteiger partial charge in [-0.25, -0.2) is 0 Å². The molecule has 3 rings (SSSR count). The van der Waals surface area contributed by atoms with Gasteiger partial charge in [0.15, 0.2) is 0 Å². The second-order valence-electron chi connectivity index (χ2n) is 4.34. The minimum absolute atomic E-state index is 0.406. The van der Waals surface area contributed by atoms with Crippen molar-refractivity contribution in [2.45, 2.75) is 25.8 Å². The van der Waals surface area contributed by atoms with Gasteiger partial charge in [0.05, 0.1) is 5.70 Å². The average molecular weight is 213 g/mol. The van der Waals surface area contributed by atoms with Crippen LogP contribution >= 0.6 is 0 Å². The number of ether oxygens (including phenoxy) is 1. The van der Waals surface area contributed by atoms with Crippen molar-refractivity contribution in [3.8, 4) is 5.75 Å². The Kier molecular flexibility index (Phi) is 2.21. The van der Waals surface area contributed by atoms with Crippen molar-refractivity contribution < 1.29 is 4.74 Å². The van der Waals surface area contributed by atoms with Crippen molar-refractivity contribution in [3.05, 3.63) is 53.4 Å². The molecule has 0 aromatic heterocycles. The zero-order valence-corrected chi connectivity index (χ0v) is 9.36. The summed E-state index contributed by atoms with van der Waals surface area (Å²) in [5.41, 5.74) is 2.52. The number of hydrogen-bond donors (Lipinski definition) is 1. The summed E-state index contributed by atoms with van der Waals surface area (Å²) >= 11 is 0. The highest BCUT2D eigenvalue weighted by Crippen LogP contribution is 2.29. The van der Waals surface area contributed by atoms with Gasteiger partial charge in [-0.05, 0) is 37.5 Å². The number of fused-ring (bicyclic) bond motifs is 1. The quantitative estimate of drug-likeness (QED) is 0.715. The van der Waals surface area contributed by atoms with Crippen LogP contribution < -0.4 is 10.1 Å². The number of para-hydroxylation sites is 1. The van der Waals surface area contributed by atoms with Gasteiger partial charge in [-0.15, -0.1) is 0 Å². The van der Waals surface area contributed by atoms with Gasteiger partial charge in [0.25, 0.3) is 0 Å². The van der Waals surface area contributed by atoms with E-state index in [1.807, 2.05) is 12.1 Å². The fraction of sp³-hybridized carbons (Fsp3) is 0.286. The molecule has 2 heterocycles. The third-order valence-corrected chi connectivity index (χ3v) is 3.07. The molecule has 0 aliphatic carbocycles. The Morgan fingerprint density at radius 3 is 3.06 bits per heavy atom. The summed E-state index contributed by atoms with van der Waals surface area (Å²) < 4.78 is 5.94. The van der Waals surface area contributed by atoms with Gasteiger partial charge in [-0.3, -0.25) is 0 Å². The minimum atomic E-state index is 0.406. The molecule has 0 saturated heterocycles. The van der Waals surface area contributed by atoms with Crippen molar-refractivity contribution in [3.63, 3.8) is 0 Å². The minimum Gasteiger partial charge on any atom is -0.455 e. The molecule has 0 amide bonds. The van der Waals surface area contributed by atoms with Gasteiger partial charge in [-0.1, -0.05) is 24.3 Å². The first-order valence-corrected chi connectivity index (χ1v) is 5.76. The Morgan fingerprint density at radius 2 is 2.12 bits per heavy atom. The summed E-state index contributed by atoms with van der Waals surface area (Å²) in [5.74, 6) is 1.97. The fourth-order valence-electron chi connectivity index (χ4n) is 2.21. The lowest BCUT2D eigenvalue weighted by Gasteiger charge is -2.20. The van der Waals surface area contributed by atoms with E-state index in [-0.39, 0.29) is 0 Å². The van der Waals surface area contributed by atoms with Crippen LogP contribution in [-0.2, 0) is 6.42 Å². The first-order chi connectivity index (χ1) is 7.83. The molecule has 0 saturated carbocycles. The molecule has 1 N–H and O–H groups in total. The lowest BCUT2D eigenvalue weighted by molar-refractivity contribution is 0.426. The maximum absolute atomic E-state index is 5.94. The van der Waals surface area contributed by atoms with Crippen LogP contribution in [0, 0.1) is 0 Å². The number of hydrogen-bond acceptors (Lipinski definition) is 2. The van der Waals surface area contributed by atoms with E-state index in [2.05, 4.69) is 36.5 Å². The first kappa shape index (κ1) is 9.52. The highest BCUT2D eigenvalue weighted by Gasteiger charge is 2.18. The van der Waals surface area contributed by atoms with E-state index in [9.17, 15) is 0 Å². The van der Waals surface area contributed by atoms with E-state index in [0.29, 0.717) is 6.04 Å². The predicted molar refractivity (Wildman–Crippen MR) is 64.2 cm³/mol. The third-order valence-electron chi connectivity index (χ3n) is 3.07. The van der Waals surface area contributed by atoms with Gasteiger partial charge < -0.3 is 10.1 Å². The van der Waals surface area contributed by atoms with Crippen molar-refractivity contribution in [2.75, 3.05) is 0 Å². The first-order valence-electron chi connectivity index (χ1n) is 5.76. The molecule has 0 spiro atoms. The van der Waals surface area contributed by atoms with Crippen LogP contribution in [0.25, 0.3) is 0 Å². The Hall–Kier alpha value is -1.70. The molecule has 2 nitrogen and oxygen atoms in total. The van der Waals surface area contributed by atoms with E-state index in [0.717, 1.165) is 24.4 Å². The van der Waals surface area contributed by atoms with E-state index in [4.69, 9.17) is 4.74 Å². The highest BCUT2D eigenvalue weighted by atomic mass is 16.5. The van der Waals surface area contributed by atoms with E-state index in [1.165, 1.54) is 11.3 Å². The molecule has 2 aliphatic heterocycles. The Labute approximate surface area is 95.6 Å². The molecule has 16 heavy (non-hydrogen) atoms. The van der Waals surface area contributed by atoms with Gasteiger partial charge in [0.1, 0.15) is 11.5 Å². The Balaban J connectivity index is 1.97. The van der Waals surface area contributed by atoms with Crippen LogP contribution in [-0.4, -0.2) is 6.04 Å². The maximum atomic E-state index is 5.94. The monoisotopic (exact) mass is 213 g/mol. The molecule has 2 heteroatoms. The summed E-state index contributed by atoms with van der Waals surface area (Å²) in [4.78, 5) is 0. The zero-order valence-electron chi connectivity index (χ0n) is 9.36. The van der Waals surface area contributed by atoms with Crippen LogP contribution in [0.3, 0.4) is 0 Å². The van der Waals surface area contributed by atoms with E-state index in [1.54, 1.807) is 0 Å². The third kappa shape index (κ3) is 1.60. The lowest BCUT2D eigenvalue weighted by atomic mass is 10.1. The Bertz CT molecular complexity index is 473. The number of benzene rings is 1. The standard InChI is InChI=1S/C14H15NO/c1-10-6-9-14-12(15-10)8-7-11-4-2-3-5-13(11)16-14/h2-6,9-10,15H,7-8H2,1H3. The largest absolute Gasteiger partial charge is 0.455 e. The molecule has 82 valence electrons. The second-order valence-corrected chi connectivity index (χ2v) is 4.34. The van der Waals surface area contributed by atoms with Crippen LogP contribution in [0.4, 0.5) is 0 Å². The van der Waals surface area contributed by atoms with Gasteiger partial charge in [0, 0.05) is 6.04 Å². The normalized spacial score (nSPS) is 22.7. The van der Waals surface area contributed by atoms with Crippen molar-refractivity contribution in [2.24, 2.45) is 0 Å². The molecule has 1 atom stereocenters. The average Bonchev–Trinajstić information content (AvgIpc) is 2.48. The van der Waals surface area contributed by atoms with Crippen molar-refractivity contribution >= 4 is 0 Å². The summed E-state index contributed by atoms with van der Waals surface area (Å²) in [5, 5.41) is 3.46. The predicted octanol–water partition coefficient (Wildman–Crippen LogP) is 2.77. The van der Waals surface area contributed by atoms with Crippen LogP contribution in [0.15, 0.2) is 47.9 Å². The molecule has 1 aromatic rings. The van der Waals surface area contributed by atoms with Crippen molar-refractivity contribution in [1.82, 2.24) is 5.32 Å². The highest BCUT2D eigenvalue weighted by molar-refractivity contribution is 5.40. The summed E-state index contributed by atoms with van der Waals surface area (Å²) in [6, 6.07) is 8.67. The smallest absolute Gasteiger partial charge is 0.146 e. The number of rotatable bonds is 0. The molecule has 1 unspecified atom stereocenters. The van der Waals surface area contributed by atoms with Crippen LogP contribution in [0.2, 0.25) is 0 Å². The molecular formula is C14H15NO. The second kappa shape index (κ2) is 3.71. The zero-order chi connectivity index (χ0) is 11.0. The van der Waals surface area contributed by atoms with Crippen LogP contribution in [0.5, 0.6) is 5.75 Å². The van der Waals surface area contributed by atoms with Gasteiger partial charge >= 0.3 is 0 Å².